The molecule has 0 unspecified atom stereocenters. The van der Waals surface area contributed by atoms with Crippen LogP contribution in [0.4, 0.5) is 5.69 Å². The maximum atomic E-state index is 11.8. The van der Waals surface area contributed by atoms with E-state index in [2.05, 4.69) is 15.9 Å². The summed E-state index contributed by atoms with van der Waals surface area (Å²) in [6.45, 7) is 0. The van der Waals surface area contributed by atoms with Crippen LogP contribution in [-0.4, -0.2) is 13.0 Å². The maximum absolute atomic E-state index is 11.8. The summed E-state index contributed by atoms with van der Waals surface area (Å²) in [5.74, 6) is -0.135. The van der Waals surface area contributed by atoms with Crippen molar-refractivity contribution in [1.82, 2.24) is 0 Å². The third-order valence-electron chi connectivity index (χ3n) is 2.35. The standard InChI is InChI=1S/C11H7BrN2O/c1-14-10-3-2-7(12)6-9(10)8(4-5-13)11(14)15/h2-4,6H,1H3. The van der Waals surface area contributed by atoms with Crippen molar-refractivity contribution in [1.29, 1.82) is 5.26 Å². The summed E-state index contributed by atoms with van der Waals surface area (Å²) in [6.07, 6.45) is 1.29. The summed E-state index contributed by atoms with van der Waals surface area (Å²) in [6, 6.07) is 7.47. The molecule has 2 rings (SSSR count). The van der Waals surface area contributed by atoms with E-state index in [4.69, 9.17) is 5.26 Å². The first-order valence-corrected chi connectivity index (χ1v) is 5.12. The highest BCUT2D eigenvalue weighted by molar-refractivity contribution is 9.10. The Morgan fingerprint density at radius 1 is 1.53 bits per heavy atom. The Labute approximate surface area is 95.7 Å². The Morgan fingerprint density at radius 2 is 2.27 bits per heavy atom. The lowest BCUT2D eigenvalue weighted by molar-refractivity contribution is -0.112. The van der Waals surface area contributed by atoms with Crippen LogP contribution in [0.2, 0.25) is 0 Å². The van der Waals surface area contributed by atoms with Crippen LogP contribution in [0.3, 0.4) is 0 Å². The molecule has 1 aromatic rings. The van der Waals surface area contributed by atoms with Gasteiger partial charge in [0.25, 0.3) is 5.91 Å². The molecule has 0 saturated carbocycles. The lowest BCUT2D eigenvalue weighted by atomic mass is 10.1. The number of rotatable bonds is 0. The van der Waals surface area contributed by atoms with Crippen LogP contribution >= 0.6 is 15.9 Å². The number of benzene rings is 1. The van der Waals surface area contributed by atoms with E-state index in [0.717, 1.165) is 15.7 Å². The van der Waals surface area contributed by atoms with Crippen molar-refractivity contribution < 1.29 is 4.79 Å². The number of allylic oxidation sites excluding steroid dienone is 1. The second kappa shape index (κ2) is 3.52. The Balaban J connectivity index is 2.68. The molecule has 0 aliphatic carbocycles. The molecule has 1 aromatic carbocycles. The van der Waals surface area contributed by atoms with E-state index in [9.17, 15) is 4.79 Å². The summed E-state index contributed by atoms with van der Waals surface area (Å²) < 4.78 is 0.896. The van der Waals surface area contributed by atoms with Gasteiger partial charge in [-0.1, -0.05) is 15.9 Å². The minimum absolute atomic E-state index is 0.135. The number of amides is 1. The molecule has 0 radical (unpaired) electrons. The Hall–Kier alpha value is -1.60. The topological polar surface area (TPSA) is 44.1 Å². The van der Waals surface area contributed by atoms with Crippen molar-refractivity contribution >= 4 is 33.1 Å². The predicted molar refractivity (Wildman–Crippen MR) is 61.1 cm³/mol. The van der Waals surface area contributed by atoms with Crippen LogP contribution in [-0.2, 0) is 4.79 Å². The van der Waals surface area contributed by atoms with E-state index in [-0.39, 0.29) is 5.91 Å². The van der Waals surface area contributed by atoms with Gasteiger partial charge in [-0.25, -0.2) is 0 Å². The Kier molecular flexibility index (Phi) is 2.33. The molecule has 3 nitrogen and oxygen atoms in total. The van der Waals surface area contributed by atoms with E-state index >= 15 is 0 Å². The average molecular weight is 263 g/mol. The molecule has 74 valence electrons. The van der Waals surface area contributed by atoms with Crippen LogP contribution < -0.4 is 4.90 Å². The van der Waals surface area contributed by atoms with Gasteiger partial charge >= 0.3 is 0 Å². The van der Waals surface area contributed by atoms with Crippen LogP contribution in [0, 0.1) is 11.3 Å². The molecule has 0 N–H and O–H groups in total. The van der Waals surface area contributed by atoms with Crippen molar-refractivity contribution in [2.24, 2.45) is 0 Å². The smallest absolute Gasteiger partial charge is 0.259 e. The molecule has 0 atom stereocenters. The molecule has 0 fully saturated rings. The third-order valence-corrected chi connectivity index (χ3v) is 2.85. The number of carbonyl (C=O) groups excluding carboxylic acids is 1. The molecule has 1 heterocycles. The van der Waals surface area contributed by atoms with E-state index in [1.165, 1.54) is 6.08 Å². The van der Waals surface area contributed by atoms with Gasteiger partial charge in [-0.05, 0) is 18.2 Å². The quantitative estimate of drug-likeness (QED) is 0.532. The first-order chi connectivity index (χ1) is 7.15. The molecule has 0 spiro atoms. The first-order valence-electron chi connectivity index (χ1n) is 4.33. The van der Waals surface area contributed by atoms with Crippen LogP contribution in [0.15, 0.2) is 28.7 Å². The van der Waals surface area contributed by atoms with Crippen LogP contribution in [0.1, 0.15) is 5.56 Å². The highest BCUT2D eigenvalue weighted by Gasteiger charge is 2.29. The number of hydrogen-bond donors (Lipinski definition) is 0. The minimum atomic E-state index is -0.135. The van der Waals surface area contributed by atoms with Gasteiger partial charge in [0.15, 0.2) is 0 Å². The molecular weight excluding hydrogens is 256 g/mol. The summed E-state index contributed by atoms with van der Waals surface area (Å²) in [4.78, 5) is 13.3. The third kappa shape index (κ3) is 1.45. The van der Waals surface area contributed by atoms with Gasteiger partial charge < -0.3 is 4.90 Å². The summed E-state index contributed by atoms with van der Waals surface area (Å²) in [5.41, 5.74) is 2.10. The van der Waals surface area contributed by atoms with Crippen molar-refractivity contribution in [2.75, 3.05) is 11.9 Å². The predicted octanol–water partition coefficient (Wildman–Crippen LogP) is 2.33. The number of likely N-dealkylation sites (N-methyl/N-ethyl adjacent to an activating group) is 1. The largest absolute Gasteiger partial charge is 0.311 e. The van der Waals surface area contributed by atoms with Crippen molar-refractivity contribution in [3.8, 4) is 6.07 Å². The van der Waals surface area contributed by atoms with E-state index < -0.39 is 0 Å². The fourth-order valence-corrected chi connectivity index (χ4v) is 1.99. The van der Waals surface area contributed by atoms with Gasteiger partial charge in [0.1, 0.15) is 0 Å². The fraction of sp³-hybridized carbons (Fsp3) is 0.0909. The average Bonchev–Trinajstić information content (AvgIpc) is 2.44. The maximum Gasteiger partial charge on any atom is 0.259 e. The highest BCUT2D eigenvalue weighted by Crippen LogP contribution is 2.37. The molecule has 4 heteroatoms. The van der Waals surface area contributed by atoms with Gasteiger partial charge in [0.05, 0.1) is 17.3 Å². The SMILES string of the molecule is CN1C(=O)C(=CC#N)c2cc(Br)ccc21. The van der Waals surface area contributed by atoms with E-state index in [1.54, 1.807) is 11.9 Å². The van der Waals surface area contributed by atoms with E-state index in [0.29, 0.717) is 5.57 Å². The summed E-state index contributed by atoms with van der Waals surface area (Å²) >= 11 is 3.34. The van der Waals surface area contributed by atoms with Gasteiger partial charge in [-0.15, -0.1) is 0 Å². The molecule has 1 amide bonds. The number of hydrogen-bond acceptors (Lipinski definition) is 2. The zero-order valence-electron chi connectivity index (χ0n) is 7.99. The number of anilines is 1. The molecule has 0 saturated heterocycles. The number of fused-ring (bicyclic) bond motifs is 1. The minimum Gasteiger partial charge on any atom is -0.311 e. The molecule has 0 aromatic heterocycles. The van der Waals surface area contributed by atoms with Crippen molar-refractivity contribution in [2.45, 2.75) is 0 Å². The van der Waals surface area contributed by atoms with Gasteiger partial charge in [-0.2, -0.15) is 5.26 Å². The van der Waals surface area contributed by atoms with Crippen LogP contribution in [0.25, 0.3) is 5.57 Å². The molecule has 0 bridgehead atoms. The molecular formula is C11H7BrN2O. The lowest BCUT2D eigenvalue weighted by Gasteiger charge is -2.08. The summed E-state index contributed by atoms with van der Waals surface area (Å²) in [7, 11) is 1.70. The van der Waals surface area contributed by atoms with Crippen molar-refractivity contribution in [3.63, 3.8) is 0 Å². The number of halogens is 1. The number of nitriles is 1. The monoisotopic (exact) mass is 262 g/mol. The van der Waals surface area contributed by atoms with Gasteiger partial charge in [0.2, 0.25) is 0 Å². The second-order valence-electron chi connectivity index (χ2n) is 3.21. The normalized spacial score (nSPS) is 16.7. The fourth-order valence-electron chi connectivity index (χ4n) is 1.63. The molecule has 1 aliphatic rings. The Morgan fingerprint density at radius 3 is 2.93 bits per heavy atom. The molecule has 15 heavy (non-hydrogen) atoms. The van der Waals surface area contributed by atoms with Crippen LogP contribution in [0.5, 0.6) is 0 Å². The van der Waals surface area contributed by atoms with E-state index in [1.807, 2.05) is 24.3 Å². The van der Waals surface area contributed by atoms with Crippen molar-refractivity contribution in [3.05, 3.63) is 34.3 Å². The highest BCUT2D eigenvalue weighted by atomic mass is 79.9. The van der Waals surface area contributed by atoms with Gasteiger partial charge in [-0.3, -0.25) is 4.79 Å². The zero-order chi connectivity index (χ0) is 11.0. The first kappa shape index (κ1) is 9.94. The number of carbonyl (C=O) groups is 1. The number of nitrogens with zero attached hydrogens (tertiary/aromatic N) is 2. The summed E-state index contributed by atoms with van der Waals surface area (Å²) in [5, 5.41) is 8.62. The Bertz CT molecular complexity index is 514. The molecule has 1 aliphatic heterocycles. The zero-order valence-corrected chi connectivity index (χ0v) is 9.58. The second-order valence-corrected chi connectivity index (χ2v) is 4.13. The van der Waals surface area contributed by atoms with Gasteiger partial charge in [0, 0.05) is 23.2 Å². The lowest BCUT2D eigenvalue weighted by Crippen LogP contribution is -2.20.